The first-order valence-electron chi connectivity index (χ1n) is 27.6. The highest BCUT2D eigenvalue weighted by molar-refractivity contribution is 7.00. The van der Waals surface area contributed by atoms with Gasteiger partial charge in [0.1, 0.15) is 0 Å². The van der Waals surface area contributed by atoms with Gasteiger partial charge in [-0.15, -0.1) is 0 Å². The lowest BCUT2D eigenvalue weighted by Gasteiger charge is -2.54. The zero-order valence-electron chi connectivity index (χ0n) is 44.2. The van der Waals surface area contributed by atoms with Gasteiger partial charge in [-0.3, -0.25) is 0 Å². The Kier molecular flexibility index (Phi) is 9.61. The Morgan fingerprint density at radius 1 is 0.466 bits per heavy atom. The number of hydrogen-bond donors (Lipinski definition) is 0. The van der Waals surface area contributed by atoms with Gasteiger partial charge in [0.05, 0.1) is 11.1 Å². The number of nitrogens with zero attached hydrogens (tertiary/aromatic N) is 3. The van der Waals surface area contributed by atoms with E-state index in [1.54, 1.807) is 5.56 Å². The molecule has 4 heterocycles. The maximum Gasteiger partial charge on any atom is 0.252 e. The van der Waals surface area contributed by atoms with E-state index in [0.29, 0.717) is 0 Å². The Morgan fingerprint density at radius 2 is 1.10 bits per heavy atom. The molecule has 0 radical (unpaired) electrons. The predicted molar refractivity (Wildman–Crippen MR) is 310 cm³/mol. The highest BCUT2D eigenvalue weighted by Gasteiger charge is 2.64. The molecule has 4 heteroatoms. The van der Waals surface area contributed by atoms with Crippen molar-refractivity contribution in [1.29, 1.82) is 0 Å². The van der Waals surface area contributed by atoms with Gasteiger partial charge in [-0.05, 0) is 162 Å². The lowest BCUT2D eigenvalue weighted by atomic mass is 9.32. The molecule has 2 saturated carbocycles. The summed E-state index contributed by atoms with van der Waals surface area (Å²) in [6.07, 6.45) is 9.51. The molecule has 3 nitrogen and oxygen atoms in total. The third kappa shape index (κ3) is 5.96. The molecule has 0 N–H and O–H groups in total. The van der Waals surface area contributed by atoms with E-state index in [1.165, 1.54) is 138 Å². The molecule has 73 heavy (non-hydrogen) atoms. The summed E-state index contributed by atoms with van der Waals surface area (Å²) in [5, 5.41) is 0. The molecule has 0 spiro atoms. The van der Waals surface area contributed by atoms with Crippen molar-refractivity contribution in [3.05, 3.63) is 203 Å². The fourth-order valence-corrected chi connectivity index (χ4v) is 16.3. The molecular weight excluding hydrogens is 882 g/mol. The van der Waals surface area contributed by atoms with Crippen molar-refractivity contribution in [3.8, 4) is 22.3 Å². The van der Waals surface area contributed by atoms with Crippen molar-refractivity contribution in [1.82, 2.24) is 0 Å². The molecule has 4 aliphatic heterocycles. The minimum Gasteiger partial charge on any atom is -0.335 e. The van der Waals surface area contributed by atoms with Crippen LogP contribution in [0.2, 0.25) is 0 Å². The van der Waals surface area contributed by atoms with Crippen molar-refractivity contribution in [2.75, 3.05) is 14.7 Å². The van der Waals surface area contributed by atoms with Crippen LogP contribution in [0.3, 0.4) is 0 Å². The van der Waals surface area contributed by atoms with E-state index in [2.05, 4.69) is 240 Å². The molecule has 8 aromatic carbocycles. The summed E-state index contributed by atoms with van der Waals surface area (Å²) >= 11 is 0. The van der Waals surface area contributed by atoms with Gasteiger partial charge in [-0.1, -0.05) is 192 Å². The fraction of sp³-hybridized carbons (Fsp3) is 0.304. The smallest absolute Gasteiger partial charge is 0.252 e. The molecule has 14 rings (SSSR count). The quantitative estimate of drug-likeness (QED) is 0.159. The molecule has 8 aromatic rings. The van der Waals surface area contributed by atoms with Crippen molar-refractivity contribution in [2.45, 2.75) is 134 Å². The number of hydrogen-bond acceptors (Lipinski definition) is 3. The average Bonchev–Trinajstić information content (AvgIpc) is 3.78. The Labute approximate surface area is 435 Å². The predicted octanol–water partition coefficient (Wildman–Crippen LogP) is 16.1. The molecule has 0 saturated heterocycles. The maximum atomic E-state index is 2.96. The first-order valence-corrected chi connectivity index (χ1v) is 27.6. The summed E-state index contributed by atoms with van der Waals surface area (Å²) in [5.41, 5.74) is 26.8. The Hall–Kier alpha value is -6.78. The van der Waals surface area contributed by atoms with Crippen molar-refractivity contribution in [2.24, 2.45) is 0 Å². The molecule has 6 aliphatic rings. The second-order valence-corrected chi connectivity index (χ2v) is 24.6. The molecule has 362 valence electrons. The van der Waals surface area contributed by atoms with E-state index in [0.717, 1.165) is 19.3 Å². The second kappa shape index (κ2) is 15.6. The summed E-state index contributed by atoms with van der Waals surface area (Å²) in [7, 11) is 0. The zero-order chi connectivity index (χ0) is 49.8. The molecule has 2 aliphatic carbocycles. The molecule has 4 atom stereocenters. The number of rotatable bonds is 5. The summed E-state index contributed by atoms with van der Waals surface area (Å²) in [5.74, 6) is 0. The highest BCUT2D eigenvalue weighted by atomic mass is 15.3. The van der Waals surface area contributed by atoms with Crippen LogP contribution in [0.5, 0.6) is 0 Å². The SMILES string of the molecule is Cc1cc(C)c2c3c1B1c4ccc(-c5ccccc5)cc4N(c4cccc(-c5ccccc5)c4)c4cc(N5c6ccc(C(C)(C)C)cc6C6(c7ccccc7)CCCCC56C)cc(c41)N3C1(C)CCCCC21C. The third-order valence-corrected chi connectivity index (χ3v) is 19.8. The molecule has 4 unspecified atom stereocenters. The van der Waals surface area contributed by atoms with Gasteiger partial charge in [0.2, 0.25) is 0 Å². The monoisotopic (exact) mass is 950 g/mol. The van der Waals surface area contributed by atoms with Crippen LogP contribution in [0.4, 0.5) is 39.8 Å². The standard InChI is InChI=1S/C69H68BN3/c1-45-39-46(2)62-64-61(45)66(6)35-18-19-36-67(66,7)73(64)60-44-54(72-57-34-32-52(65(3,4)5)42-55(57)69(51-28-16-11-17-29-51)38-21-20-37-68(69,72)8)43-59-63(60)70(62)56-33-31-50(48-25-14-10-15-26-48)41-58(56)71(59)53-30-22-27-49(40-53)47-23-12-9-13-24-47/h9-17,22-34,39-44H,18-21,35-38H2,1-8H3. The number of anilines is 7. The number of benzene rings is 8. The maximum absolute atomic E-state index is 2.96. The van der Waals surface area contributed by atoms with Gasteiger partial charge in [-0.25, -0.2) is 0 Å². The first kappa shape index (κ1) is 44.9. The highest BCUT2D eigenvalue weighted by Crippen LogP contribution is 2.67. The molecular formula is C69H68BN3. The Bertz CT molecular complexity index is 3560. The normalized spacial score (nSPS) is 24.1. The van der Waals surface area contributed by atoms with Gasteiger partial charge in [0.15, 0.2) is 0 Å². The summed E-state index contributed by atoms with van der Waals surface area (Å²) < 4.78 is 0. The lowest BCUT2D eigenvalue weighted by Crippen LogP contribution is -2.65. The average molecular weight is 950 g/mol. The van der Waals surface area contributed by atoms with Crippen LogP contribution in [0.15, 0.2) is 170 Å². The van der Waals surface area contributed by atoms with Crippen molar-refractivity contribution < 1.29 is 0 Å². The van der Waals surface area contributed by atoms with E-state index in [-0.39, 0.29) is 34.0 Å². The zero-order valence-corrected chi connectivity index (χ0v) is 44.2. The molecule has 0 bridgehead atoms. The van der Waals surface area contributed by atoms with Crippen LogP contribution in [0, 0.1) is 13.8 Å². The molecule has 0 aromatic heterocycles. The van der Waals surface area contributed by atoms with Gasteiger partial charge < -0.3 is 14.7 Å². The van der Waals surface area contributed by atoms with E-state index < -0.39 is 0 Å². The van der Waals surface area contributed by atoms with Crippen molar-refractivity contribution >= 4 is 62.9 Å². The van der Waals surface area contributed by atoms with Crippen LogP contribution >= 0.6 is 0 Å². The molecule has 2 fully saturated rings. The first-order chi connectivity index (χ1) is 35.3. The number of aryl methyl sites for hydroxylation is 2. The second-order valence-electron chi connectivity index (χ2n) is 24.6. The minimum absolute atomic E-state index is 0.00535. The van der Waals surface area contributed by atoms with Gasteiger partial charge >= 0.3 is 0 Å². The van der Waals surface area contributed by atoms with Gasteiger partial charge in [0.25, 0.3) is 6.71 Å². The minimum atomic E-state index is -0.240. The third-order valence-electron chi connectivity index (χ3n) is 19.8. The lowest BCUT2D eigenvalue weighted by molar-refractivity contribution is 0.194. The van der Waals surface area contributed by atoms with Gasteiger partial charge in [0, 0.05) is 50.6 Å². The van der Waals surface area contributed by atoms with Crippen LogP contribution in [0.1, 0.15) is 126 Å². The van der Waals surface area contributed by atoms with Crippen LogP contribution in [0.25, 0.3) is 22.3 Å². The van der Waals surface area contributed by atoms with Crippen LogP contribution in [-0.2, 0) is 16.2 Å². The largest absolute Gasteiger partial charge is 0.335 e. The summed E-state index contributed by atoms with van der Waals surface area (Å²) in [4.78, 5) is 8.54. The summed E-state index contributed by atoms with van der Waals surface area (Å²) in [6, 6.07) is 66.1. The van der Waals surface area contributed by atoms with E-state index in [9.17, 15) is 0 Å². The Morgan fingerprint density at radius 3 is 1.81 bits per heavy atom. The van der Waals surface area contributed by atoms with Crippen molar-refractivity contribution in [3.63, 3.8) is 0 Å². The summed E-state index contributed by atoms with van der Waals surface area (Å²) in [6.45, 7) is 20.0. The Balaban J connectivity index is 1.12. The van der Waals surface area contributed by atoms with E-state index in [1.807, 2.05) is 0 Å². The fourth-order valence-electron chi connectivity index (χ4n) is 16.3. The van der Waals surface area contributed by atoms with E-state index >= 15 is 0 Å². The van der Waals surface area contributed by atoms with Gasteiger partial charge in [-0.2, -0.15) is 0 Å². The number of fused-ring (bicyclic) bond motifs is 10. The topological polar surface area (TPSA) is 9.72 Å². The van der Waals surface area contributed by atoms with E-state index in [4.69, 9.17) is 0 Å². The molecule has 0 amide bonds. The van der Waals surface area contributed by atoms with Crippen LogP contribution < -0.4 is 31.1 Å². The van der Waals surface area contributed by atoms with Crippen LogP contribution in [-0.4, -0.2) is 17.8 Å².